The lowest BCUT2D eigenvalue weighted by atomic mass is 10.1. The predicted octanol–water partition coefficient (Wildman–Crippen LogP) is 6.18. The number of carbonyl (C=O) groups is 2. The van der Waals surface area contributed by atoms with Crippen molar-refractivity contribution in [2.75, 3.05) is 0 Å². The molecule has 1 fully saturated rings. The van der Waals surface area contributed by atoms with Crippen LogP contribution in [0.2, 0.25) is 0 Å². The van der Waals surface area contributed by atoms with Crippen LogP contribution in [-0.4, -0.2) is 20.6 Å². The fraction of sp³-hybridized carbons (Fsp3) is 0.0769. The van der Waals surface area contributed by atoms with Gasteiger partial charge in [-0.1, -0.05) is 60.2 Å². The van der Waals surface area contributed by atoms with Crippen molar-refractivity contribution in [2.45, 2.75) is 13.5 Å². The number of fused-ring (bicyclic) bond motifs is 1. The van der Waals surface area contributed by atoms with Crippen molar-refractivity contribution < 1.29 is 9.59 Å². The first kappa shape index (κ1) is 19.4. The summed E-state index contributed by atoms with van der Waals surface area (Å²) in [4.78, 5) is 27.3. The molecule has 0 bridgehead atoms. The lowest BCUT2D eigenvalue weighted by Gasteiger charge is -2.13. The molecule has 4 nitrogen and oxygen atoms in total. The van der Waals surface area contributed by atoms with Gasteiger partial charge in [0.1, 0.15) is 0 Å². The molecule has 31 heavy (non-hydrogen) atoms. The summed E-state index contributed by atoms with van der Waals surface area (Å²) >= 11 is 0.995. The Morgan fingerprint density at radius 1 is 0.871 bits per heavy atom. The summed E-state index contributed by atoms with van der Waals surface area (Å²) in [6.07, 6.45) is 3.77. The van der Waals surface area contributed by atoms with Gasteiger partial charge >= 0.3 is 0 Å². The SMILES string of the molecule is Cc1cccc(CN2C(=O)S/C(=C\c3cccn3-c3ccc4ccccc4c3)C2=O)c1. The zero-order valence-electron chi connectivity index (χ0n) is 17.0. The van der Waals surface area contributed by atoms with E-state index >= 15 is 0 Å². The molecule has 0 atom stereocenters. The first-order chi connectivity index (χ1) is 15.1. The molecule has 0 N–H and O–H groups in total. The molecule has 5 heteroatoms. The minimum absolute atomic E-state index is 0.235. The second-order valence-electron chi connectivity index (χ2n) is 7.59. The molecule has 0 spiro atoms. The maximum Gasteiger partial charge on any atom is 0.293 e. The van der Waals surface area contributed by atoms with E-state index in [1.807, 2.05) is 66.2 Å². The smallest absolute Gasteiger partial charge is 0.293 e. The van der Waals surface area contributed by atoms with Gasteiger partial charge in [0, 0.05) is 17.6 Å². The molecular weight excluding hydrogens is 404 g/mol. The van der Waals surface area contributed by atoms with Gasteiger partial charge in [-0.25, -0.2) is 0 Å². The summed E-state index contributed by atoms with van der Waals surface area (Å²) in [5, 5.41) is 2.09. The average molecular weight is 425 g/mol. The summed E-state index contributed by atoms with van der Waals surface area (Å²) in [6.45, 7) is 2.29. The molecule has 152 valence electrons. The summed E-state index contributed by atoms with van der Waals surface area (Å²) in [5.74, 6) is -0.247. The number of rotatable bonds is 4. The normalized spacial score (nSPS) is 15.4. The highest BCUT2D eigenvalue weighted by molar-refractivity contribution is 8.18. The topological polar surface area (TPSA) is 42.3 Å². The molecule has 0 aliphatic carbocycles. The van der Waals surface area contributed by atoms with E-state index in [0.29, 0.717) is 4.91 Å². The Kier molecular flexibility index (Phi) is 4.96. The van der Waals surface area contributed by atoms with E-state index in [4.69, 9.17) is 0 Å². The molecule has 0 unspecified atom stereocenters. The number of benzene rings is 3. The number of amides is 2. The third kappa shape index (κ3) is 3.80. The van der Waals surface area contributed by atoms with Crippen LogP contribution < -0.4 is 0 Å². The van der Waals surface area contributed by atoms with Crippen LogP contribution in [0, 0.1) is 6.92 Å². The van der Waals surface area contributed by atoms with Crippen molar-refractivity contribution in [2.24, 2.45) is 0 Å². The van der Waals surface area contributed by atoms with E-state index in [1.54, 1.807) is 6.08 Å². The lowest BCUT2D eigenvalue weighted by molar-refractivity contribution is -0.123. The highest BCUT2D eigenvalue weighted by Gasteiger charge is 2.35. The van der Waals surface area contributed by atoms with Gasteiger partial charge in [-0.15, -0.1) is 0 Å². The van der Waals surface area contributed by atoms with Crippen molar-refractivity contribution in [1.29, 1.82) is 0 Å². The van der Waals surface area contributed by atoms with Crippen molar-refractivity contribution in [3.63, 3.8) is 0 Å². The Bertz CT molecular complexity index is 1350. The first-order valence-corrected chi connectivity index (χ1v) is 10.9. The van der Waals surface area contributed by atoms with Crippen LogP contribution in [0.3, 0.4) is 0 Å². The summed E-state index contributed by atoms with van der Waals surface area (Å²) in [5.41, 5.74) is 3.92. The highest BCUT2D eigenvalue weighted by atomic mass is 32.2. The Labute approximate surface area is 184 Å². The quantitative estimate of drug-likeness (QED) is 0.368. The largest absolute Gasteiger partial charge is 0.317 e. The molecule has 0 saturated carbocycles. The zero-order valence-corrected chi connectivity index (χ0v) is 17.8. The number of aromatic nitrogens is 1. The van der Waals surface area contributed by atoms with Crippen molar-refractivity contribution in [1.82, 2.24) is 9.47 Å². The maximum atomic E-state index is 13.0. The fourth-order valence-corrected chi connectivity index (χ4v) is 4.66. The van der Waals surface area contributed by atoms with Crippen LogP contribution in [-0.2, 0) is 11.3 Å². The minimum atomic E-state index is -0.247. The Morgan fingerprint density at radius 2 is 1.71 bits per heavy atom. The Balaban J connectivity index is 1.44. The van der Waals surface area contributed by atoms with Crippen molar-refractivity contribution >= 4 is 39.8 Å². The van der Waals surface area contributed by atoms with Crippen molar-refractivity contribution in [3.8, 4) is 5.69 Å². The van der Waals surface area contributed by atoms with Gasteiger partial charge in [-0.3, -0.25) is 14.5 Å². The fourth-order valence-electron chi connectivity index (χ4n) is 3.84. The average Bonchev–Trinajstić information content (AvgIpc) is 3.34. The standard InChI is InChI=1S/C26H20N2O2S/c1-18-6-4-7-19(14-18)17-28-25(29)24(31-26(28)30)16-22-10-5-13-27(22)23-12-11-20-8-2-3-9-21(20)15-23/h2-16H,17H2,1H3/b24-16-. The number of aryl methyl sites for hydroxylation is 1. The molecule has 2 amide bonds. The molecule has 5 rings (SSSR count). The number of hydrogen-bond acceptors (Lipinski definition) is 3. The second kappa shape index (κ2) is 7.93. The monoisotopic (exact) mass is 424 g/mol. The maximum absolute atomic E-state index is 13.0. The van der Waals surface area contributed by atoms with Gasteiger partial charge in [0.05, 0.1) is 11.4 Å². The predicted molar refractivity (Wildman–Crippen MR) is 126 cm³/mol. The van der Waals surface area contributed by atoms with E-state index in [9.17, 15) is 9.59 Å². The number of nitrogens with zero attached hydrogens (tertiary/aromatic N) is 2. The summed E-state index contributed by atoms with van der Waals surface area (Å²) < 4.78 is 2.03. The molecule has 1 saturated heterocycles. The van der Waals surface area contributed by atoms with E-state index in [-0.39, 0.29) is 17.7 Å². The second-order valence-corrected chi connectivity index (χ2v) is 8.58. The van der Waals surface area contributed by atoms with Gasteiger partial charge in [-0.05, 0) is 65.4 Å². The molecule has 1 aliphatic heterocycles. The Hall–Kier alpha value is -3.57. The summed E-state index contributed by atoms with van der Waals surface area (Å²) in [6, 6.07) is 26.2. The minimum Gasteiger partial charge on any atom is -0.317 e. The highest BCUT2D eigenvalue weighted by Crippen LogP contribution is 2.34. The van der Waals surface area contributed by atoms with Gasteiger partial charge in [0.25, 0.3) is 11.1 Å². The van der Waals surface area contributed by atoms with E-state index < -0.39 is 0 Å². The summed E-state index contributed by atoms with van der Waals surface area (Å²) in [7, 11) is 0. The molecule has 4 aromatic rings. The molecule has 3 aromatic carbocycles. The molecule has 0 radical (unpaired) electrons. The van der Waals surface area contributed by atoms with Gasteiger partial charge in [0.2, 0.25) is 0 Å². The molecular formula is C26H20N2O2S. The first-order valence-electron chi connectivity index (χ1n) is 10.1. The number of imide groups is 1. The van der Waals surface area contributed by atoms with Crippen LogP contribution in [0.4, 0.5) is 4.79 Å². The number of thioether (sulfide) groups is 1. The molecule has 1 aromatic heterocycles. The van der Waals surface area contributed by atoms with Crippen LogP contribution in [0.1, 0.15) is 16.8 Å². The van der Waals surface area contributed by atoms with Gasteiger partial charge < -0.3 is 4.57 Å². The third-order valence-electron chi connectivity index (χ3n) is 5.37. The number of hydrogen-bond donors (Lipinski definition) is 0. The number of carbonyl (C=O) groups excluding carboxylic acids is 2. The third-order valence-corrected chi connectivity index (χ3v) is 6.27. The Morgan fingerprint density at radius 3 is 2.55 bits per heavy atom. The van der Waals surface area contributed by atoms with Crippen LogP contribution in [0.15, 0.2) is 90.0 Å². The van der Waals surface area contributed by atoms with Crippen LogP contribution >= 0.6 is 11.8 Å². The molecule has 2 heterocycles. The van der Waals surface area contributed by atoms with E-state index in [0.717, 1.165) is 39.7 Å². The van der Waals surface area contributed by atoms with Crippen LogP contribution in [0.5, 0.6) is 0 Å². The van der Waals surface area contributed by atoms with Gasteiger partial charge in [0.15, 0.2) is 0 Å². The van der Waals surface area contributed by atoms with E-state index in [1.165, 1.54) is 10.3 Å². The van der Waals surface area contributed by atoms with Gasteiger partial charge in [-0.2, -0.15) is 0 Å². The lowest BCUT2D eigenvalue weighted by Crippen LogP contribution is -2.27. The van der Waals surface area contributed by atoms with Crippen LogP contribution in [0.25, 0.3) is 22.5 Å². The van der Waals surface area contributed by atoms with E-state index in [2.05, 4.69) is 30.3 Å². The molecule has 1 aliphatic rings. The van der Waals surface area contributed by atoms with Crippen molar-refractivity contribution in [3.05, 3.63) is 107 Å². The zero-order chi connectivity index (χ0) is 21.4.